The number of alkyl halides is 6. The Kier molecular flexibility index (Phi) is 2.65. The lowest BCUT2D eigenvalue weighted by Crippen LogP contribution is -2.65. The van der Waals surface area contributed by atoms with Crippen LogP contribution in [0, 0.1) is 0 Å². The van der Waals surface area contributed by atoms with Gasteiger partial charge >= 0.3 is 11.8 Å². The maximum atomic E-state index is 13.2. The highest BCUT2D eigenvalue weighted by molar-refractivity contribution is 9.10. The quantitative estimate of drug-likeness (QED) is 0.458. The average molecular weight is 301 g/mol. The van der Waals surface area contributed by atoms with Crippen LogP contribution < -0.4 is 0 Å². The second-order valence-electron chi connectivity index (χ2n) is 2.88. The first-order valence-corrected chi connectivity index (χ1v) is 4.17. The number of hydrogen-bond acceptors (Lipinski definition) is 2. The summed E-state index contributed by atoms with van der Waals surface area (Å²) >= 11 is 1.46. The molecule has 0 spiro atoms. The molecule has 0 aromatic heterocycles. The molecule has 15 heavy (non-hydrogen) atoms. The number of rotatable bonds is 1. The van der Waals surface area contributed by atoms with Crippen LogP contribution in [-0.2, 0) is 4.94 Å². The molecule has 0 saturated carbocycles. The van der Waals surface area contributed by atoms with E-state index in [4.69, 9.17) is 5.11 Å². The minimum Gasteiger partial charge on any atom is -0.354 e. The predicted molar refractivity (Wildman–Crippen MR) is 38.9 cm³/mol. The molecule has 1 rings (SSSR count). The Morgan fingerprint density at radius 3 is 1.93 bits per heavy atom. The lowest BCUT2D eigenvalue weighted by molar-refractivity contribution is -0.362. The molecule has 2 nitrogen and oxygen atoms in total. The summed E-state index contributed by atoms with van der Waals surface area (Å²) in [6.45, 7) is 0. The first-order valence-electron chi connectivity index (χ1n) is 3.38. The van der Waals surface area contributed by atoms with Crippen LogP contribution >= 0.6 is 15.9 Å². The van der Waals surface area contributed by atoms with Crippen LogP contribution in [0.2, 0.25) is 0 Å². The maximum absolute atomic E-state index is 13.2. The standard InChI is InChI=1S/C6H3BrF6O2/c7-5(10)4(9,15-13)2-1-3(8,14)6(5,11)12/h1-2,14H. The second kappa shape index (κ2) is 3.11. The van der Waals surface area contributed by atoms with Crippen molar-refractivity contribution in [1.29, 1.82) is 0 Å². The van der Waals surface area contributed by atoms with Gasteiger partial charge in [-0.2, -0.15) is 13.2 Å². The summed E-state index contributed by atoms with van der Waals surface area (Å²) < 4.78 is 71.7. The molecule has 0 radical (unpaired) electrons. The van der Waals surface area contributed by atoms with E-state index in [0.29, 0.717) is 0 Å². The number of hydrogen-bond donors (Lipinski definition) is 1. The Hall–Kier alpha value is -0.280. The van der Waals surface area contributed by atoms with E-state index in [1.165, 1.54) is 15.9 Å². The molecule has 0 aromatic rings. The average Bonchev–Trinajstić information content (AvgIpc) is 2.11. The van der Waals surface area contributed by atoms with Crippen molar-refractivity contribution in [2.45, 2.75) is 22.2 Å². The first-order chi connectivity index (χ1) is 6.52. The van der Waals surface area contributed by atoms with Crippen LogP contribution in [0.5, 0.6) is 0 Å². The molecule has 0 aromatic carbocycles. The Morgan fingerprint density at radius 2 is 1.53 bits per heavy atom. The minimum absolute atomic E-state index is 0.334. The van der Waals surface area contributed by atoms with Gasteiger partial charge in [-0.3, -0.25) is 0 Å². The van der Waals surface area contributed by atoms with E-state index in [1.807, 2.05) is 0 Å². The van der Waals surface area contributed by atoms with Gasteiger partial charge in [0.15, 0.2) is 0 Å². The fraction of sp³-hybridized carbons (Fsp3) is 0.667. The normalized spacial score (nSPS) is 49.3. The van der Waals surface area contributed by atoms with Gasteiger partial charge < -0.3 is 5.11 Å². The van der Waals surface area contributed by atoms with Crippen molar-refractivity contribution in [3.05, 3.63) is 12.2 Å². The highest BCUT2D eigenvalue weighted by Gasteiger charge is 2.79. The molecule has 3 unspecified atom stereocenters. The Balaban J connectivity index is 3.37. The van der Waals surface area contributed by atoms with E-state index in [0.717, 1.165) is 0 Å². The molecule has 1 aliphatic carbocycles. The minimum atomic E-state index is -5.28. The molecule has 0 fully saturated rings. The van der Waals surface area contributed by atoms with E-state index in [1.54, 1.807) is 0 Å². The van der Waals surface area contributed by atoms with Gasteiger partial charge in [0.2, 0.25) is 0 Å². The lowest BCUT2D eigenvalue weighted by Gasteiger charge is -2.41. The molecule has 3 atom stereocenters. The summed E-state index contributed by atoms with van der Waals surface area (Å²) in [5, 5.41) is 8.45. The van der Waals surface area contributed by atoms with Crippen molar-refractivity contribution in [2.24, 2.45) is 0 Å². The molecule has 9 heteroatoms. The summed E-state index contributed by atoms with van der Waals surface area (Å²) in [7, 11) is 0. The summed E-state index contributed by atoms with van der Waals surface area (Å²) in [6, 6.07) is 0. The summed E-state index contributed by atoms with van der Waals surface area (Å²) in [5.41, 5.74) is 0. The van der Waals surface area contributed by atoms with Gasteiger partial charge in [-0.15, -0.1) is 4.94 Å². The molecule has 0 heterocycles. The Morgan fingerprint density at radius 1 is 1.07 bits per heavy atom. The molecule has 0 bridgehead atoms. The van der Waals surface area contributed by atoms with Gasteiger partial charge in [-0.1, -0.05) is 0 Å². The van der Waals surface area contributed by atoms with Crippen LogP contribution in [0.25, 0.3) is 0 Å². The van der Waals surface area contributed by atoms with Crippen molar-refractivity contribution >= 4 is 15.9 Å². The fourth-order valence-corrected chi connectivity index (χ4v) is 1.41. The SMILES string of the molecule is OC1(F)C=CC(F)(OF)C(F)(Br)C1(F)F. The largest absolute Gasteiger partial charge is 0.358 e. The molecule has 0 aliphatic heterocycles. The Bertz CT molecular complexity index is 304. The van der Waals surface area contributed by atoms with E-state index < -0.39 is 28.3 Å². The van der Waals surface area contributed by atoms with Crippen LogP contribution in [-0.4, -0.2) is 27.3 Å². The van der Waals surface area contributed by atoms with Crippen molar-refractivity contribution in [3.63, 3.8) is 0 Å². The molecular weight excluding hydrogens is 298 g/mol. The van der Waals surface area contributed by atoms with Gasteiger partial charge in [-0.25, -0.2) is 8.78 Å². The summed E-state index contributed by atoms with van der Waals surface area (Å²) in [5.74, 6) is -14.0. The van der Waals surface area contributed by atoms with Crippen molar-refractivity contribution in [1.82, 2.24) is 0 Å². The topological polar surface area (TPSA) is 29.5 Å². The van der Waals surface area contributed by atoms with Crippen LogP contribution in [0.1, 0.15) is 0 Å². The van der Waals surface area contributed by atoms with Crippen molar-refractivity contribution < 1.29 is 36.5 Å². The van der Waals surface area contributed by atoms with Gasteiger partial charge in [0, 0.05) is 0 Å². The fourth-order valence-electron chi connectivity index (χ4n) is 0.935. The summed E-state index contributed by atoms with van der Waals surface area (Å²) in [6.07, 6.45) is -0.773. The molecule has 1 N–H and O–H groups in total. The number of halogens is 7. The first kappa shape index (κ1) is 12.8. The van der Waals surface area contributed by atoms with Crippen molar-refractivity contribution in [2.75, 3.05) is 0 Å². The third-order valence-electron chi connectivity index (χ3n) is 1.89. The highest BCUT2D eigenvalue weighted by atomic mass is 79.9. The van der Waals surface area contributed by atoms with Crippen molar-refractivity contribution in [3.8, 4) is 0 Å². The summed E-state index contributed by atoms with van der Waals surface area (Å²) in [4.78, 5) is 2.39. The van der Waals surface area contributed by atoms with Crippen LogP contribution in [0.4, 0.5) is 26.5 Å². The van der Waals surface area contributed by atoms with E-state index >= 15 is 0 Å². The molecule has 88 valence electrons. The zero-order valence-corrected chi connectivity index (χ0v) is 8.24. The zero-order chi connectivity index (χ0) is 12.1. The monoisotopic (exact) mass is 300 g/mol. The van der Waals surface area contributed by atoms with E-state index in [9.17, 15) is 26.5 Å². The molecule has 0 amide bonds. The van der Waals surface area contributed by atoms with Gasteiger partial charge in [0.1, 0.15) is 0 Å². The van der Waals surface area contributed by atoms with E-state index in [2.05, 4.69) is 4.94 Å². The smallest absolute Gasteiger partial charge is 0.354 e. The third kappa shape index (κ3) is 1.40. The maximum Gasteiger partial charge on any atom is 0.358 e. The van der Waals surface area contributed by atoms with E-state index in [-0.39, 0.29) is 6.08 Å². The van der Waals surface area contributed by atoms with Gasteiger partial charge in [-0.05, 0) is 32.6 Å². The Labute approximate surface area is 87.5 Å². The highest BCUT2D eigenvalue weighted by Crippen LogP contribution is 2.57. The zero-order valence-electron chi connectivity index (χ0n) is 6.66. The van der Waals surface area contributed by atoms with Gasteiger partial charge in [0.05, 0.1) is 0 Å². The number of aliphatic hydroxyl groups is 1. The molecule has 0 saturated heterocycles. The molecule has 1 aliphatic rings. The third-order valence-corrected chi connectivity index (χ3v) is 2.93. The second-order valence-corrected chi connectivity index (χ2v) is 3.97. The van der Waals surface area contributed by atoms with Crippen LogP contribution in [0.15, 0.2) is 12.2 Å². The van der Waals surface area contributed by atoms with Crippen LogP contribution in [0.3, 0.4) is 0 Å². The lowest BCUT2D eigenvalue weighted by atomic mass is 9.92. The van der Waals surface area contributed by atoms with Gasteiger partial charge in [0.25, 0.3) is 10.4 Å². The predicted octanol–water partition coefficient (Wildman–Crippen LogP) is 2.48. The molecular formula is C6H3BrF6O2.